The van der Waals surface area contributed by atoms with Gasteiger partial charge in [-0.2, -0.15) is 0 Å². The number of rotatable bonds is 5. The summed E-state index contributed by atoms with van der Waals surface area (Å²) in [6.45, 7) is 2.02. The molecule has 0 bridgehead atoms. The van der Waals surface area contributed by atoms with Crippen molar-refractivity contribution in [2.45, 2.75) is 56.7 Å². The lowest BCUT2D eigenvalue weighted by Crippen LogP contribution is -2.43. The first-order valence-corrected chi connectivity index (χ1v) is 7.33. The van der Waals surface area contributed by atoms with Gasteiger partial charge >= 0.3 is 7.12 Å². The first-order chi connectivity index (χ1) is 8.86. The predicted octanol–water partition coefficient (Wildman–Crippen LogP) is 0.539. The molecular formula is C13H26BFN2O2. The molecule has 6 atom stereocenters. The molecule has 110 valence electrons. The summed E-state index contributed by atoms with van der Waals surface area (Å²) in [6, 6.07) is -0.0444. The smallest absolute Gasteiger partial charge is 0.427 e. The minimum atomic E-state index is -1.25. The topological polar surface area (TPSA) is 78.5 Å². The van der Waals surface area contributed by atoms with E-state index in [1.54, 1.807) is 0 Å². The van der Waals surface area contributed by atoms with Crippen LogP contribution >= 0.6 is 0 Å². The molecule has 0 aromatic heterocycles. The minimum Gasteiger partial charge on any atom is -0.427 e. The zero-order chi connectivity index (χ0) is 14.2. The Hall–Kier alpha value is -0.165. The fourth-order valence-corrected chi connectivity index (χ4v) is 4.35. The summed E-state index contributed by atoms with van der Waals surface area (Å²) in [6.07, 6.45) is 2.75. The lowest BCUT2D eigenvalue weighted by Gasteiger charge is -2.31. The van der Waals surface area contributed by atoms with Gasteiger partial charge in [0.2, 0.25) is 0 Å². The van der Waals surface area contributed by atoms with E-state index < -0.39 is 13.3 Å². The molecule has 0 saturated heterocycles. The number of alkyl halides is 1. The van der Waals surface area contributed by atoms with E-state index in [0.29, 0.717) is 12.2 Å². The molecule has 2 rings (SSSR count). The summed E-state index contributed by atoms with van der Waals surface area (Å²) in [4.78, 5) is 0. The molecule has 0 aromatic carbocycles. The molecule has 0 aromatic rings. The third-order valence-electron chi connectivity index (χ3n) is 5.26. The zero-order valence-corrected chi connectivity index (χ0v) is 11.8. The van der Waals surface area contributed by atoms with Crippen molar-refractivity contribution in [2.75, 3.05) is 7.05 Å². The van der Waals surface area contributed by atoms with Crippen molar-refractivity contribution < 1.29 is 14.4 Å². The third kappa shape index (κ3) is 2.97. The summed E-state index contributed by atoms with van der Waals surface area (Å²) < 4.78 is 14.3. The van der Waals surface area contributed by atoms with Crippen LogP contribution in [-0.2, 0) is 0 Å². The van der Waals surface area contributed by atoms with Crippen LogP contribution in [-0.4, -0.2) is 42.0 Å². The number of hydrogen-bond acceptors (Lipinski definition) is 4. The van der Waals surface area contributed by atoms with E-state index in [2.05, 4.69) is 5.32 Å². The average molecular weight is 272 g/mol. The predicted molar refractivity (Wildman–Crippen MR) is 74.3 cm³/mol. The van der Waals surface area contributed by atoms with Gasteiger partial charge in [-0.1, -0.05) is 6.42 Å². The highest BCUT2D eigenvalue weighted by molar-refractivity contribution is 6.40. The Balaban J connectivity index is 2.00. The molecule has 2 aliphatic carbocycles. The molecule has 0 radical (unpaired) electrons. The molecule has 0 amide bonds. The first kappa shape index (κ1) is 15.2. The highest BCUT2D eigenvalue weighted by Gasteiger charge is 2.56. The molecule has 19 heavy (non-hydrogen) atoms. The van der Waals surface area contributed by atoms with Gasteiger partial charge in [0, 0.05) is 11.6 Å². The maximum atomic E-state index is 14.3. The molecule has 2 fully saturated rings. The second kappa shape index (κ2) is 5.68. The van der Waals surface area contributed by atoms with E-state index >= 15 is 0 Å². The normalized spacial score (nSPS) is 45.5. The Morgan fingerprint density at radius 1 is 1.42 bits per heavy atom. The van der Waals surface area contributed by atoms with Gasteiger partial charge in [0.25, 0.3) is 0 Å². The van der Waals surface area contributed by atoms with Gasteiger partial charge in [0.15, 0.2) is 0 Å². The fourth-order valence-electron chi connectivity index (χ4n) is 4.35. The molecule has 0 aliphatic heterocycles. The SMILES string of the molecule is CN[C@@H]1C[C@@H]2[C@@H](C[C@](C)(N)[C@H]2CCCB(O)O)[C@@H]1F. The van der Waals surface area contributed by atoms with E-state index in [1.165, 1.54) is 0 Å². The summed E-state index contributed by atoms with van der Waals surface area (Å²) in [5.41, 5.74) is 6.05. The van der Waals surface area contributed by atoms with Crippen LogP contribution in [0, 0.1) is 17.8 Å². The molecule has 2 aliphatic rings. The molecule has 0 unspecified atom stereocenters. The second-order valence-corrected chi connectivity index (χ2v) is 6.63. The van der Waals surface area contributed by atoms with Crippen LogP contribution in [0.5, 0.6) is 0 Å². The number of fused-ring (bicyclic) bond motifs is 1. The largest absolute Gasteiger partial charge is 0.451 e. The van der Waals surface area contributed by atoms with E-state index in [4.69, 9.17) is 15.8 Å². The fraction of sp³-hybridized carbons (Fsp3) is 1.00. The van der Waals surface area contributed by atoms with Crippen LogP contribution in [0.1, 0.15) is 32.6 Å². The van der Waals surface area contributed by atoms with Crippen molar-refractivity contribution in [1.29, 1.82) is 0 Å². The maximum absolute atomic E-state index is 14.3. The number of nitrogens with two attached hydrogens (primary N) is 1. The van der Waals surface area contributed by atoms with E-state index in [1.807, 2.05) is 14.0 Å². The van der Waals surface area contributed by atoms with Gasteiger partial charge in [-0.05, 0) is 57.3 Å². The Labute approximate surface area is 115 Å². The van der Waals surface area contributed by atoms with Crippen LogP contribution in [0.2, 0.25) is 6.32 Å². The van der Waals surface area contributed by atoms with Crippen LogP contribution < -0.4 is 11.1 Å². The van der Waals surface area contributed by atoms with Gasteiger partial charge < -0.3 is 21.1 Å². The van der Waals surface area contributed by atoms with E-state index in [9.17, 15) is 4.39 Å². The van der Waals surface area contributed by atoms with E-state index in [0.717, 1.165) is 25.7 Å². The molecule has 2 saturated carbocycles. The van der Waals surface area contributed by atoms with Crippen molar-refractivity contribution in [3.05, 3.63) is 0 Å². The maximum Gasteiger partial charge on any atom is 0.451 e. The number of nitrogens with one attached hydrogen (secondary N) is 1. The Bertz CT molecular complexity index is 317. The second-order valence-electron chi connectivity index (χ2n) is 6.63. The van der Waals surface area contributed by atoms with Crippen molar-refractivity contribution in [3.8, 4) is 0 Å². The third-order valence-corrected chi connectivity index (χ3v) is 5.26. The van der Waals surface area contributed by atoms with Crippen molar-refractivity contribution >= 4 is 7.12 Å². The van der Waals surface area contributed by atoms with Gasteiger partial charge in [0.1, 0.15) is 6.17 Å². The lowest BCUT2D eigenvalue weighted by molar-refractivity contribution is 0.212. The van der Waals surface area contributed by atoms with Crippen molar-refractivity contribution in [1.82, 2.24) is 5.32 Å². The zero-order valence-electron chi connectivity index (χ0n) is 11.8. The lowest BCUT2D eigenvalue weighted by atomic mass is 9.76. The number of halogens is 1. The summed E-state index contributed by atoms with van der Waals surface area (Å²) in [5, 5.41) is 20.9. The first-order valence-electron chi connectivity index (χ1n) is 7.33. The Morgan fingerprint density at radius 2 is 2.11 bits per heavy atom. The molecule has 0 spiro atoms. The quantitative estimate of drug-likeness (QED) is 0.551. The summed E-state index contributed by atoms with van der Waals surface area (Å²) >= 11 is 0. The van der Waals surface area contributed by atoms with Gasteiger partial charge in [0.05, 0.1) is 0 Å². The summed E-state index contributed by atoms with van der Waals surface area (Å²) in [5.74, 6) is 0.683. The van der Waals surface area contributed by atoms with E-state index in [-0.39, 0.29) is 23.4 Å². The number of hydrogen-bond donors (Lipinski definition) is 4. The van der Waals surface area contributed by atoms with Crippen LogP contribution in [0.15, 0.2) is 0 Å². The van der Waals surface area contributed by atoms with Crippen molar-refractivity contribution in [2.24, 2.45) is 23.5 Å². The Kier molecular flexibility index (Phi) is 4.55. The highest BCUT2D eigenvalue weighted by Crippen LogP contribution is 2.54. The van der Waals surface area contributed by atoms with Gasteiger partial charge in [-0.15, -0.1) is 0 Å². The molecule has 5 N–H and O–H groups in total. The van der Waals surface area contributed by atoms with Gasteiger partial charge in [-0.25, -0.2) is 4.39 Å². The monoisotopic (exact) mass is 272 g/mol. The Morgan fingerprint density at radius 3 is 2.68 bits per heavy atom. The molecule has 6 heteroatoms. The van der Waals surface area contributed by atoms with Crippen LogP contribution in [0.3, 0.4) is 0 Å². The van der Waals surface area contributed by atoms with Gasteiger partial charge in [-0.3, -0.25) is 0 Å². The van der Waals surface area contributed by atoms with Crippen LogP contribution in [0.25, 0.3) is 0 Å². The molecule has 0 heterocycles. The van der Waals surface area contributed by atoms with Crippen molar-refractivity contribution in [3.63, 3.8) is 0 Å². The standard InChI is InChI=1S/C13H26BFN2O2/c1-13(16)7-9-8(6-11(17-2)12(9)15)10(13)4-3-5-14(18)19/h8-12,17-19H,3-7,16H2,1-2H3/t8-,9-,10+,11-,12+,13+/m1/s1. The average Bonchev–Trinajstić information content (AvgIpc) is 2.74. The van der Waals surface area contributed by atoms with Crippen LogP contribution in [0.4, 0.5) is 4.39 Å². The summed E-state index contributed by atoms with van der Waals surface area (Å²) in [7, 11) is 0.570. The highest BCUT2D eigenvalue weighted by atomic mass is 19.1. The minimum absolute atomic E-state index is 0.0444. The molecule has 4 nitrogen and oxygen atoms in total. The molecular weight excluding hydrogens is 246 g/mol.